The van der Waals surface area contributed by atoms with Gasteiger partial charge in [-0.05, 0) is 23.2 Å². The van der Waals surface area contributed by atoms with E-state index in [9.17, 15) is 9.82 Å². The molecule has 3 aromatic rings. The molecule has 2 aromatic carbocycles. The second kappa shape index (κ2) is 6.16. The highest BCUT2D eigenvalue weighted by atomic mass is 16.5. The third-order valence-electron chi connectivity index (χ3n) is 4.06. The van der Waals surface area contributed by atoms with E-state index in [1.54, 1.807) is 23.9 Å². The van der Waals surface area contributed by atoms with Crippen molar-refractivity contribution in [2.45, 2.75) is 6.61 Å². The minimum Gasteiger partial charge on any atom is -0.423 e. The van der Waals surface area contributed by atoms with E-state index >= 15 is 0 Å². The lowest BCUT2D eigenvalue weighted by atomic mass is 9.79. The summed E-state index contributed by atoms with van der Waals surface area (Å²) in [4.78, 5) is 16.8. The number of carbonyl (C=O) groups excluding carboxylic acids is 1. The van der Waals surface area contributed by atoms with E-state index in [0.717, 1.165) is 11.1 Å². The highest BCUT2D eigenvalue weighted by Crippen LogP contribution is 2.17. The molecule has 0 fully saturated rings. The zero-order chi connectivity index (χ0) is 17.4. The number of anilines is 1. The van der Waals surface area contributed by atoms with E-state index in [2.05, 4.69) is 15.4 Å². The van der Waals surface area contributed by atoms with E-state index in [1.165, 1.54) is 0 Å². The van der Waals surface area contributed by atoms with Crippen LogP contribution in [0.25, 0.3) is 11.4 Å². The highest BCUT2D eigenvalue weighted by molar-refractivity contribution is 6.61. The summed E-state index contributed by atoms with van der Waals surface area (Å²) >= 11 is 0. The molecule has 0 atom stereocenters. The van der Waals surface area contributed by atoms with Gasteiger partial charge < -0.3 is 15.0 Å². The largest absolute Gasteiger partial charge is 0.491 e. The standard InChI is InChI=1S/C17H15BN4O3/c1-22-16(11-5-3-2-4-6-11)20-15(21-22)17(23)19-13-8-7-12-10-25-18(24)14(12)9-13/h2-9,24H,10H2,1H3,(H,19,23). The molecule has 124 valence electrons. The van der Waals surface area contributed by atoms with Gasteiger partial charge >= 0.3 is 7.12 Å². The Morgan fingerprint density at radius 1 is 1.28 bits per heavy atom. The fraction of sp³-hybridized carbons (Fsp3) is 0.118. The first kappa shape index (κ1) is 15.6. The van der Waals surface area contributed by atoms with E-state index in [4.69, 9.17) is 4.65 Å². The van der Waals surface area contributed by atoms with Crippen molar-refractivity contribution < 1.29 is 14.5 Å². The molecule has 2 N–H and O–H groups in total. The van der Waals surface area contributed by atoms with E-state index in [0.29, 0.717) is 23.6 Å². The van der Waals surface area contributed by atoms with Crippen molar-refractivity contribution in [3.05, 3.63) is 59.9 Å². The smallest absolute Gasteiger partial charge is 0.423 e. The molecule has 0 saturated heterocycles. The third-order valence-corrected chi connectivity index (χ3v) is 4.06. The highest BCUT2D eigenvalue weighted by Gasteiger charge is 2.27. The van der Waals surface area contributed by atoms with Gasteiger partial charge in [-0.15, -0.1) is 5.10 Å². The first-order valence-electron chi connectivity index (χ1n) is 7.82. The van der Waals surface area contributed by atoms with Crippen LogP contribution in [0.4, 0.5) is 5.69 Å². The van der Waals surface area contributed by atoms with Gasteiger partial charge in [-0.1, -0.05) is 36.4 Å². The molecule has 1 amide bonds. The van der Waals surface area contributed by atoms with Crippen LogP contribution in [-0.2, 0) is 18.3 Å². The molecule has 0 aliphatic carbocycles. The van der Waals surface area contributed by atoms with E-state index in [1.807, 2.05) is 36.4 Å². The van der Waals surface area contributed by atoms with Gasteiger partial charge in [0, 0.05) is 18.3 Å². The average molecular weight is 334 g/mol. The summed E-state index contributed by atoms with van der Waals surface area (Å²) in [6.07, 6.45) is 0. The van der Waals surface area contributed by atoms with Crippen molar-refractivity contribution >= 4 is 24.2 Å². The number of rotatable bonds is 3. The van der Waals surface area contributed by atoms with Gasteiger partial charge in [0.15, 0.2) is 5.82 Å². The summed E-state index contributed by atoms with van der Waals surface area (Å²) in [5.41, 5.74) is 3.01. The first-order valence-corrected chi connectivity index (χ1v) is 7.82. The third kappa shape index (κ3) is 2.93. The SMILES string of the molecule is Cn1nc(C(=O)Nc2ccc3c(c2)B(O)OC3)nc1-c1ccccc1. The molecule has 0 radical (unpaired) electrons. The van der Waals surface area contributed by atoms with Crippen molar-refractivity contribution in [1.29, 1.82) is 0 Å². The van der Waals surface area contributed by atoms with Gasteiger partial charge in [-0.3, -0.25) is 4.79 Å². The van der Waals surface area contributed by atoms with Crippen LogP contribution in [0.2, 0.25) is 0 Å². The molecule has 0 bridgehead atoms. The zero-order valence-corrected chi connectivity index (χ0v) is 13.5. The van der Waals surface area contributed by atoms with Crippen LogP contribution in [0.15, 0.2) is 48.5 Å². The van der Waals surface area contributed by atoms with Crippen molar-refractivity contribution in [3.63, 3.8) is 0 Å². The van der Waals surface area contributed by atoms with Gasteiger partial charge in [-0.25, -0.2) is 9.67 Å². The number of nitrogens with zero attached hydrogens (tertiary/aromatic N) is 3. The maximum absolute atomic E-state index is 12.4. The number of nitrogens with one attached hydrogen (secondary N) is 1. The summed E-state index contributed by atoms with van der Waals surface area (Å²) in [6, 6.07) is 14.8. The summed E-state index contributed by atoms with van der Waals surface area (Å²) < 4.78 is 6.72. The topological polar surface area (TPSA) is 89.3 Å². The molecule has 0 saturated carbocycles. The Kier molecular flexibility index (Phi) is 3.83. The molecular formula is C17H15BN4O3. The number of benzene rings is 2. The predicted octanol–water partition coefficient (Wildman–Crippen LogP) is 0.952. The fourth-order valence-electron chi connectivity index (χ4n) is 2.80. The number of carbonyl (C=O) groups is 1. The number of hydrogen-bond donors (Lipinski definition) is 2. The molecule has 0 spiro atoms. The molecule has 1 aliphatic rings. The Labute approximate surface area is 144 Å². The molecule has 4 rings (SSSR count). The van der Waals surface area contributed by atoms with Gasteiger partial charge in [0.2, 0.25) is 5.82 Å². The van der Waals surface area contributed by atoms with Gasteiger partial charge in [0.05, 0.1) is 6.61 Å². The van der Waals surface area contributed by atoms with E-state index < -0.39 is 13.0 Å². The lowest BCUT2D eigenvalue weighted by molar-refractivity contribution is 0.101. The Morgan fingerprint density at radius 3 is 2.88 bits per heavy atom. The maximum Gasteiger partial charge on any atom is 0.491 e. The lowest BCUT2D eigenvalue weighted by Gasteiger charge is -2.05. The summed E-state index contributed by atoms with van der Waals surface area (Å²) in [6.45, 7) is 0.368. The Morgan fingerprint density at radius 2 is 2.08 bits per heavy atom. The van der Waals surface area contributed by atoms with Crippen molar-refractivity contribution in [2.75, 3.05) is 5.32 Å². The van der Waals surface area contributed by atoms with E-state index in [-0.39, 0.29) is 5.82 Å². The zero-order valence-electron chi connectivity index (χ0n) is 13.5. The van der Waals surface area contributed by atoms with Crippen LogP contribution < -0.4 is 10.8 Å². The normalized spacial score (nSPS) is 13.0. The van der Waals surface area contributed by atoms with Crippen LogP contribution in [0.3, 0.4) is 0 Å². The molecule has 2 heterocycles. The average Bonchev–Trinajstić information content (AvgIpc) is 3.19. The van der Waals surface area contributed by atoms with Crippen LogP contribution in [0.1, 0.15) is 16.2 Å². The summed E-state index contributed by atoms with van der Waals surface area (Å²) in [7, 11) is 0.791. The van der Waals surface area contributed by atoms with Gasteiger partial charge in [0.1, 0.15) is 0 Å². The number of hydrogen-bond acceptors (Lipinski definition) is 5. The monoisotopic (exact) mass is 334 g/mol. The Bertz CT molecular complexity index is 942. The molecule has 1 aliphatic heterocycles. The van der Waals surface area contributed by atoms with Gasteiger partial charge in [0.25, 0.3) is 5.91 Å². The van der Waals surface area contributed by atoms with Gasteiger partial charge in [-0.2, -0.15) is 0 Å². The van der Waals surface area contributed by atoms with Crippen LogP contribution in [0.5, 0.6) is 0 Å². The fourth-order valence-corrected chi connectivity index (χ4v) is 2.80. The number of aryl methyl sites for hydroxylation is 1. The minimum atomic E-state index is -0.954. The lowest BCUT2D eigenvalue weighted by Crippen LogP contribution is -2.28. The number of aromatic nitrogens is 3. The quantitative estimate of drug-likeness (QED) is 0.696. The van der Waals surface area contributed by atoms with Crippen molar-refractivity contribution in [3.8, 4) is 11.4 Å². The molecule has 7 nitrogen and oxygen atoms in total. The molecular weight excluding hydrogens is 319 g/mol. The molecule has 8 heteroatoms. The molecule has 0 unspecified atom stereocenters. The molecule has 1 aromatic heterocycles. The summed E-state index contributed by atoms with van der Waals surface area (Å²) in [5.74, 6) is 0.285. The summed E-state index contributed by atoms with van der Waals surface area (Å²) in [5, 5.41) is 16.7. The predicted molar refractivity (Wildman–Crippen MR) is 93.2 cm³/mol. The number of amides is 1. The van der Waals surface area contributed by atoms with Crippen molar-refractivity contribution in [1.82, 2.24) is 14.8 Å². The van der Waals surface area contributed by atoms with Crippen LogP contribution in [0, 0.1) is 0 Å². The Hall–Kier alpha value is -2.97. The second-order valence-electron chi connectivity index (χ2n) is 5.78. The Balaban J connectivity index is 1.57. The van der Waals surface area contributed by atoms with Crippen molar-refractivity contribution in [2.24, 2.45) is 7.05 Å². The van der Waals surface area contributed by atoms with Crippen LogP contribution >= 0.6 is 0 Å². The second-order valence-corrected chi connectivity index (χ2v) is 5.78. The number of fused-ring (bicyclic) bond motifs is 1. The van der Waals surface area contributed by atoms with Crippen LogP contribution in [-0.4, -0.2) is 32.8 Å². The minimum absolute atomic E-state index is 0.0821. The maximum atomic E-state index is 12.4. The first-order chi connectivity index (χ1) is 12.1. The molecule has 25 heavy (non-hydrogen) atoms.